The third-order valence-corrected chi connectivity index (χ3v) is 3.30. The highest BCUT2D eigenvalue weighted by Crippen LogP contribution is 2.26. The molecule has 3 aromatic rings. The first-order chi connectivity index (χ1) is 9.60. The van der Waals surface area contributed by atoms with Gasteiger partial charge in [0.1, 0.15) is 11.3 Å². The molecule has 1 atom stereocenters. The third kappa shape index (κ3) is 2.03. The number of aryl methyl sites for hydroxylation is 1. The van der Waals surface area contributed by atoms with Crippen LogP contribution in [0.1, 0.15) is 5.69 Å². The predicted molar refractivity (Wildman–Crippen MR) is 72.8 cm³/mol. The number of halogens is 1. The van der Waals surface area contributed by atoms with Gasteiger partial charge in [0.05, 0.1) is 42.3 Å². The van der Waals surface area contributed by atoms with E-state index in [0.29, 0.717) is 16.4 Å². The van der Waals surface area contributed by atoms with Gasteiger partial charge in [0, 0.05) is 5.39 Å². The molecule has 0 spiro atoms. The Labute approximate surface area is 114 Å². The zero-order valence-electron chi connectivity index (χ0n) is 10.9. The maximum Gasteiger partial charge on any atom is 0.124 e. The highest BCUT2D eigenvalue weighted by molar-refractivity contribution is 6.03. The van der Waals surface area contributed by atoms with Gasteiger partial charge in [0.2, 0.25) is 0 Å². The van der Waals surface area contributed by atoms with Crippen molar-refractivity contribution in [1.29, 1.82) is 0 Å². The van der Waals surface area contributed by atoms with Crippen molar-refractivity contribution in [2.75, 3.05) is 6.61 Å². The van der Waals surface area contributed by atoms with Crippen molar-refractivity contribution in [3.05, 3.63) is 36.0 Å². The van der Waals surface area contributed by atoms with Crippen molar-refractivity contribution in [3.8, 4) is 0 Å². The molecule has 104 valence electrons. The van der Waals surface area contributed by atoms with Crippen LogP contribution in [0.5, 0.6) is 0 Å². The molecule has 0 radical (unpaired) electrons. The van der Waals surface area contributed by atoms with E-state index >= 15 is 0 Å². The number of nitrogens with zero attached hydrogens (tertiary/aromatic N) is 3. The van der Waals surface area contributed by atoms with Crippen LogP contribution in [0.3, 0.4) is 0 Å². The van der Waals surface area contributed by atoms with Gasteiger partial charge in [0.15, 0.2) is 0 Å². The first-order valence-corrected chi connectivity index (χ1v) is 6.29. The molecule has 2 N–H and O–H groups in total. The van der Waals surface area contributed by atoms with E-state index in [1.807, 2.05) is 6.92 Å². The Morgan fingerprint density at radius 3 is 2.95 bits per heavy atom. The van der Waals surface area contributed by atoms with E-state index in [0.717, 1.165) is 11.2 Å². The fourth-order valence-corrected chi connectivity index (χ4v) is 2.38. The van der Waals surface area contributed by atoms with Crippen molar-refractivity contribution < 1.29 is 14.6 Å². The number of aromatic nitrogens is 3. The Morgan fingerprint density at radius 2 is 2.20 bits per heavy atom. The van der Waals surface area contributed by atoms with Crippen LogP contribution in [0.25, 0.3) is 21.9 Å². The fraction of sp³-hybridized carbons (Fsp3) is 0.286. The Hall–Kier alpha value is -2.05. The van der Waals surface area contributed by atoms with Gasteiger partial charge in [-0.2, -0.15) is 0 Å². The normalized spacial score (nSPS) is 13.2. The van der Waals surface area contributed by atoms with E-state index in [-0.39, 0.29) is 19.0 Å². The average Bonchev–Trinajstić information content (AvgIpc) is 2.84. The van der Waals surface area contributed by atoms with E-state index in [4.69, 9.17) is 5.11 Å². The molecule has 0 amide bonds. The first-order valence-electron chi connectivity index (χ1n) is 6.29. The largest absolute Gasteiger partial charge is 0.394 e. The van der Waals surface area contributed by atoms with Gasteiger partial charge in [-0.1, -0.05) is 0 Å². The number of imidazole rings is 1. The molecule has 5 nitrogen and oxygen atoms in total. The van der Waals surface area contributed by atoms with E-state index in [2.05, 4.69) is 9.97 Å². The lowest BCUT2D eigenvalue weighted by atomic mass is 10.1. The smallest absolute Gasteiger partial charge is 0.124 e. The minimum Gasteiger partial charge on any atom is -0.394 e. The molecule has 1 unspecified atom stereocenters. The maximum absolute atomic E-state index is 13.5. The van der Waals surface area contributed by atoms with Gasteiger partial charge in [-0.3, -0.25) is 4.98 Å². The Balaban J connectivity index is 2.32. The fourth-order valence-electron chi connectivity index (χ4n) is 2.38. The number of benzene rings is 1. The van der Waals surface area contributed by atoms with Crippen molar-refractivity contribution in [3.63, 3.8) is 0 Å². The quantitative estimate of drug-likeness (QED) is 0.757. The van der Waals surface area contributed by atoms with E-state index in [1.165, 1.54) is 12.1 Å². The molecule has 0 saturated heterocycles. The minimum atomic E-state index is -0.885. The Kier molecular flexibility index (Phi) is 3.11. The van der Waals surface area contributed by atoms with E-state index < -0.39 is 6.10 Å². The lowest BCUT2D eigenvalue weighted by molar-refractivity contribution is 0.0821. The number of rotatable bonds is 3. The van der Waals surface area contributed by atoms with Crippen LogP contribution >= 0.6 is 0 Å². The van der Waals surface area contributed by atoms with Crippen LogP contribution in [0, 0.1) is 12.7 Å². The molecule has 0 aliphatic carbocycles. The number of pyridine rings is 1. The molecule has 0 saturated carbocycles. The first kappa shape index (κ1) is 13.0. The summed E-state index contributed by atoms with van der Waals surface area (Å²) in [5.41, 5.74) is 2.82. The number of fused-ring (bicyclic) bond motifs is 3. The van der Waals surface area contributed by atoms with Crippen molar-refractivity contribution in [2.24, 2.45) is 0 Å². The molecule has 0 fully saturated rings. The summed E-state index contributed by atoms with van der Waals surface area (Å²) in [4.78, 5) is 8.67. The SMILES string of the molecule is Cc1nc2ccc(F)cc2c2c1ncn2CC(O)CO. The van der Waals surface area contributed by atoms with Crippen LogP contribution in [-0.2, 0) is 6.54 Å². The molecule has 3 rings (SSSR count). The predicted octanol–water partition coefficient (Wildman–Crippen LogP) is 1.39. The minimum absolute atomic E-state index is 0.196. The zero-order chi connectivity index (χ0) is 14.3. The van der Waals surface area contributed by atoms with Crippen LogP contribution in [0.2, 0.25) is 0 Å². The van der Waals surface area contributed by atoms with Gasteiger partial charge in [-0.25, -0.2) is 9.37 Å². The zero-order valence-corrected chi connectivity index (χ0v) is 10.9. The molecular formula is C14H14FN3O2. The number of hydrogen-bond donors (Lipinski definition) is 2. The molecule has 1 aromatic carbocycles. The van der Waals surface area contributed by atoms with Gasteiger partial charge in [0.25, 0.3) is 0 Å². The maximum atomic E-state index is 13.5. The van der Waals surface area contributed by atoms with Gasteiger partial charge in [-0.05, 0) is 25.1 Å². The molecule has 0 bridgehead atoms. The van der Waals surface area contributed by atoms with Crippen molar-refractivity contribution in [2.45, 2.75) is 19.6 Å². The summed E-state index contributed by atoms with van der Waals surface area (Å²) in [5, 5.41) is 19.2. The van der Waals surface area contributed by atoms with Crippen LogP contribution in [0.4, 0.5) is 4.39 Å². The lowest BCUT2D eigenvalue weighted by Gasteiger charge is -2.11. The molecular weight excluding hydrogens is 261 g/mol. The molecule has 2 aromatic heterocycles. The Morgan fingerprint density at radius 1 is 1.40 bits per heavy atom. The summed E-state index contributed by atoms with van der Waals surface area (Å²) in [7, 11) is 0. The molecule has 20 heavy (non-hydrogen) atoms. The van der Waals surface area contributed by atoms with Gasteiger partial charge < -0.3 is 14.8 Å². The summed E-state index contributed by atoms with van der Waals surface area (Å²) < 4.78 is 15.2. The van der Waals surface area contributed by atoms with Crippen LogP contribution in [0.15, 0.2) is 24.5 Å². The topological polar surface area (TPSA) is 71.2 Å². The standard InChI is InChI=1S/C14H14FN3O2/c1-8-13-14(18(7-16-13)5-10(20)6-19)11-4-9(15)2-3-12(11)17-8/h2-4,7,10,19-20H,5-6H2,1H3. The number of aliphatic hydroxyl groups is 2. The van der Waals surface area contributed by atoms with Gasteiger partial charge in [-0.15, -0.1) is 0 Å². The monoisotopic (exact) mass is 275 g/mol. The highest BCUT2D eigenvalue weighted by Gasteiger charge is 2.14. The van der Waals surface area contributed by atoms with Crippen molar-refractivity contribution in [1.82, 2.24) is 14.5 Å². The second kappa shape index (κ2) is 4.81. The number of hydrogen-bond acceptors (Lipinski definition) is 4. The summed E-state index contributed by atoms with van der Waals surface area (Å²) >= 11 is 0. The Bertz CT molecular complexity index is 785. The molecule has 2 heterocycles. The summed E-state index contributed by atoms with van der Waals surface area (Å²) in [6, 6.07) is 4.40. The summed E-state index contributed by atoms with van der Waals surface area (Å²) in [6.45, 7) is 1.70. The third-order valence-electron chi connectivity index (χ3n) is 3.30. The van der Waals surface area contributed by atoms with E-state index in [1.54, 1.807) is 17.0 Å². The van der Waals surface area contributed by atoms with Crippen molar-refractivity contribution >= 4 is 21.9 Å². The molecule has 6 heteroatoms. The summed E-state index contributed by atoms with van der Waals surface area (Å²) in [5.74, 6) is -0.347. The van der Waals surface area contributed by atoms with Crippen LogP contribution in [-0.4, -0.2) is 37.5 Å². The highest BCUT2D eigenvalue weighted by atomic mass is 19.1. The second-order valence-electron chi connectivity index (χ2n) is 4.79. The average molecular weight is 275 g/mol. The molecule has 0 aliphatic heterocycles. The second-order valence-corrected chi connectivity index (χ2v) is 4.79. The van der Waals surface area contributed by atoms with Gasteiger partial charge >= 0.3 is 0 Å². The van der Waals surface area contributed by atoms with E-state index in [9.17, 15) is 9.50 Å². The summed E-state index contributed by atoms with van der Waals surface area (Å²) in [6.07, 6.45) is 0.687. The van der Waals surface area contributed by atoms with Crippen LogP contribution < -0.4 is 0 Å². The lowest BCUT2D eigenvalue weighted by Crippen LogP contribution is -2.19. The number of aliphatic hydroxyl groups excluding tert-OH is 2. The molecule has 0 aliphatic rings.